The van der Waals surface area contributed by atoms with E-state index in [2.05, 4.69) is 9.97 Å². The first kappa shape index (κ1) is 14.2. The van der Waals surface area contributed by atoms with Crippen LogP contribution in [0.25, 0.3) is 22.0 Å². The Labute approximate surface area is 138 Å². The molecular formula is C18H13ClN2O2. The molecule has 0 radical (unpaired) electrons. The van der Waals surface area contributed by atoms with Crippen molar-refractivity contribution in [1.82, 2.24) is 9.97 Å². The van der Waals surface area contributed by atoms with E-state index in [0.717, 1.165) is 22.3 Å². The predicted molar refractivity (Wildman–Crippen MR) is 89.2 cm³/mol. The summed E-state index contributed by atoms with van der Waals surface area (Å²) in [5, 5.41) is 1.11. The molecule has 114 valence electrons. The summed E-state index contributed by atoms with van der Waals surface area (Å²) in [5.41, 5.74) is 3.43. The molecule has 2 heterocycles. The molecule has 3 aromatic rings. The minimum Gasteiger partial charge on any atom is -0.491 e. The first-order valence-corrected chi connectivity index (χ1v) is 7.73. The van der Waals surface area contributed by atoms with Crippen molar-refractivity contribution in [2.45, 2.75) is 20.0 Å². The smallest absolute Gasteiger partial charge is 0.198 e. The molecule has 0 saturated carbocycles. The molecule has 5 heteroatoms. The van der Waals surface area contributed by atoms with Gasteiger partial charge in [0.15, 0.2) is 5.78 Å². The van der Waals surface area contributed by atoms with Crippen LogP contribution in [0.2, 0.25) is 5.15 Å². The fraction of sp³-hybridized carbons (Fsp3) is 0.167. The second kappa shape index (κ2) is 5.03. The van der Waals surface area contributed by atoms with Crippen LogP contribution in [0, 0.1) is 0 Å². The zero-order valence-electron chi connectivity index (χ0n) is 12.6. The van der Waals surface area contributed by atoms with Gasteiger partial charge in [0.1, 0.15) is 10.9 Å². The minimum absolute atomic E-state index is 0.0747. The zero-order valence-corrected chi connectivity index (χ0v) is 13.4. The molecule has 1 aromatic carbocycles. The van der Waals surface area contributed by atoms with E-state index in [0.29, 0.717) is 16.6 Å². The molecule has 2 aromatic heterocycles. The molecule has 0 saturated heterocycles. The van der Waals surface area contributed by atoms with Crippen LogP contribution in [0.5, 0.6) is 5.75 Å². The number of carbonyl (C=O) groups is 1. The van der Waals surface area contributed by atoms with Gasteiger partial charge in [-0.2, -0.15) is 0 Å². The van der Waals surface area contributed by atoms with Crippen LogP contribution in [0.3, 0.4) is 0 Å². The molecule has 0 unspecified atom stereocenters. The van der Waals surface area contributed by atoms with Crippen LogP contribution in [0.1, 0.15) is 29.8 Å². The van der Waals surface area contributed by atoms with E-state index in [9.17, 15) is 4.79 Å². The average molecular weight is 325 g/mol. The van der Waals surface area contributed by atoms with Gasteiger partial charge in [-0.15, -0.1) is 0 Å². The SMILES string of the molecule is CC(C)Oc1ccc2c3c(c(Cl)nc2c1)C(=O)c1cnccc1-3. The number of ether oxygens (including phenoxy) is 1. The second-order valence-corrected chi connectivity index (χ2v) is 6.11. The van der Waals surface area contributed by atoms with E-state index in [1.807, 2.05) is 38.1 Å². The van der Waals surface area contributed by atoms with Crippen molar-refractivity contribution >= 4 is 28.3 Å². The molecule has 4 nitrogen and oxygen atoms in total. The van der Waals surface area contributed by atoms with Crippen LogP contribution in [-0.4, -0.2) is 21.9 Å². The largest absolute Gasteiger partial charge is 0.491 e. The molecule has 0 bridgehead atoms. The fourth-order valence-electron chi connectivity index (χ4n) is 2.98. The third kappa shape index (κ3) is 2.10. The molecule has 23 heavy (non-hydrogen) atoms. The summed E-state index contributed by atoms with van der Waals surface area (Å²) >= 11 is 6.30. The van der Waals surface area contributed by atoms with Crippen molar-refractivity contribution in [3.05, 3.63) is 52.9 Å². The monoisotopic (exact) mass is 324 g/mol. The Hall–Kier alpha value is -2.46. The fourth-order valence-corrected chi connectivity index (χ4v) is 3.25. The van der Waals surface area contributed by atoms with Crippen molar-refractivity contribution in [3.8, 4) is 16.9 Å². The molecule has 0 N–H and O–H groups in total. The van der Waals surface area contributed by atoms with Gasteiger partial charge in [-0.3, -0.25) is 9.78 Å². The van der Waals surface area contributed by atoms with Crippen LogP contribution >= 0.6 is 11.6 Å². The third-order valence-electron chi connectivity index (χ3n) is 3.85. The molecule has 0 fully saturated rings. The Morgan fingerprint density at radius 2 is 1.96 bits per heavy atom. The number of benzene rings is 1. The predicted octanol–water partition coefficient (Wildman–Crippen LogP) is 4.28. The van der Waals surface area contributed by atoms with Gasteiger partial charge in [-0.25, -0.2) is 4.98 Å². The summed E-state index contributed by atoms with van der Waals surface area (Å²) in [7, 11) is 0. The maximum absolute atomic E-state index is 12.6. The Bertz CT molecular complexity index is 967. The molecule has 0 amide bonds. The van der Waals surface area contributed by atoms with Crippen molar-refractivity contribution in [1.29, 1.82) is 0 Å². The Morgan fingerprint density at radius 1 is 1.13 bits per heavy atom. The van der Waals surface area contributed by atoms with Crippen LogP contribution in [0.4, 0.5) is 0 Å². The quantitative estimate of drug-likeness (QED) is 0.516. The van der Waals surface area contributed by atoms with Gasteiger partial charge in [0.05, 0.1) is 17.2 Å². The molecule has 1 aliphatic rings. The Kier molecular flexibility index (Phi) is 3.10. The highest BCUT2D eigenvalue weighted by Crippen LogP contribution is 2.43. The van der Waals surface area contributed by atoms with Crippen molar-refractivity contribution in [3.63, 3.8) is 0 Å². The Morgan fingerprint density at radius 3 is 2.74 bits per heavy atom. The van der Waals surface area contributed by atoms with Crippen molar-refractivity contribution in [2.75, 3.05) is 0 Å². The summed E-state index contributed by atoms with van der Waals surface area (Å²) in [6.45, 7) is 3.93. The number of hydrogen-bond donors (Lipinski definition) is 0. The normalized spacial score (nSPS) is 12.6. The molecule has 0 spiro atoms. The van der Waals surface area contributed by atoms with Gasteiger partial charge in [-0.05, 0) is 37.6 Å². The Balaban J connectivity index is 2.03. The third-order valence-corrected chi connectivity index (χ3v) is 4.12. The van der Waals surface area contributed by atoms with Gasteiger partial charge in [-0.1, -0.05) is 11.6 Å². The zero-order chi connectivity index (χ0) is 16.1. The van der Waals surface area contributed by atoms with E-state index in [1.165, 1.54) is 0 Å². The molecule has 0 aliphatic heterocycles. The van der Waals surface area contributed by atoms with E-state index < -0.39 is 0 Å². The van der Waals surface area contributed by atoms with E-state index in [-0.39, 0.29) is 17.0 Å². The number of rotatable bonds is 2. The first-order chi connectivity index (χ1) is 11.1. The highest BCUT2D eigenvalue weighted by molar-refractivity contribution is 6.38. The first-order valence-electron chi connectivity index (χ1n) is 7.35. The van der Waals surface area contributed by atoms with Crippen LogP contribution in [-0.2, 0) is 0 Å². The standard InChI is InChI=1S/C18H13ClN2O2/c1-9(2)23-10-3-4-12-14(7-10)21-18(19)16-15(12)11-5-6-20-8-13(11)17(16)22/h3-9H,1-2H3. The number of fused-ring (bicyclic) bond motifs is 5. The van der Waals surface area contributed by atoms with E-state index in [4.69, 9.17) is 16.3 Å². The summed E-state index contributed by atoms with van der Waals surface area (Å²) in [5.74, 6) is 0.611. The van der Waals surface area contributed by atoms with E-state index in [1.54, 1.807) is 12.4 Å². The van der Waals surface area contributed by atoms with Crippen LogP contribution < -0.4 is 4.74 Å². The lowest BCUT2D eigenvalue weighted by Crippen LogP contribution is -2.05. The number of pyridine rings is 2. The summed E-state index contributed by atoms with van der Waals surface area (Å²) in [6.07, 6.45) is 3.33. The van der Waals surface area contributed by atoms with Gasteiger partial charge in [0.2, 0.25) is 0 Å². The number of aromatic nitrogens is 2. The number of halogens is 1. The van der Waals surface area contributed by atoms with Gasteiger partial charge >= 0.3 is 0 Å². The molecule has 1 aliphatic carbocycles. The molecule has 0 atom stereocenters. The molecular weight excluding hydrogens is 312 g/mol. The highest BCUT2D eigenvalue weighted by Gasteiger charge is 2.31. The summed E-state index contributed by atoms with van der Waals surface area (Å²) in [4.78, 5) is 21.0. The minimum atomic E-state index is -0.120. The maximum atomic E-state index is 12.6. The van der Waals surface area contributed by atoms with Gasteiger partial charge in [0.25, 0.3) is 0 Å². The highest BCUT2D eigenvalue weighted by atomic mass is 35.5. The number of ketones is 1. The second-order valence-electron chi connectivity index (χ2n) is 5.75. The van der Waals surface area contributed by atoms with E-state index >= 15 is 0 Å². The van der Waals surface area contributed by atoms with Gasteiger partial charge < -0.3 is 4.74 Å². The van der Waals surface area contributed by atoms with Crippen LogP contribution in [0.15, 0.2) is 36.7 Å². The molecule has 4 rings (SSSR count). The topological polar surface area (TPSA) is 52.1 Å². The lowest BCUT2D eigenvalue weighted by Gasteiger charge is -2.12. The van der Waals surface area contributed by atoms with Crippen molar-refractivity contribution in [2.24, 2.45) is 0 Å². The van der Waals surface area contributed by atoms with Crippen molar-refractivity contribution < 1.29 is 9.53 Å². The summed E-state index contributed by atoms with van der Waals surface area (Å²) < 4.78 is 5.71. The summed E-state index contributed by atoms with van der Waals surface area (Å²) in [6, 6.07) is 7.51. The number of carbonyl (C=O) groups excluding carboxylic acids is 1. The maximum Gasteiger partial charge on any atom is 0.198 e. The lowest BCUT2D eigenvalue weighted by molar-refractivity contribution is 0.104. The van der Waals surface area contributed by atoms with Gasteiger partial charge in [0, 0.05) is 35.0 Å². The number of nitrogens with zero attached hydrogens (tertiary/aromatic N) is 2. The number of hydrogen-bond acceptors (Lipinski definition) is 4. The average Bonchev–Trinajstić information content (AvgIpc) is 2.81. The lowest BCUT2D eigenvalue weighted by atomic mass is 10.0.